The zero-order valence-corrected chi connectivity index (χ0v) is 13.6. The lowest BCUT2D eigenvalue weighted by molar-refractivity contribution is -0.128. The van der Waals surface area contributed by atoms with E-state index in [-0.39, 0.29) is 24.2 Å². The molecule has 4 rings (SSSR count). The molecule has 0 unspecified atom stereocenters. The Hall–Kier alpha value is -2.67. The minimum atomic E-state index is -0.362. The smallest absolute Gasteiger partial charge is 0.231 e. The molecule has 24 heavy (non-hydrogen) atoms. The van der Waals surface area contributed by atoms with Crippen LogP contribution in [0.15, 0.2) is 47.1 Å². The van der Waals surface area contributed by atoms with Gasteiger partial charge in [0.25, 0.3) is 0 Å². The zero-order chi connectivity index (χ0) is 16.5. The number of anilines is 1. The maximum atomic E-state index is 12.4. The van der Waals surface area contributed by atoms with Crippen LogP contribution < -0.4 is 5.32 Å². The van der Waals surface area contributed by atoms with Crippen molar-refractivity contribution in [3.05, 3.63) is 48.4 Å². The minimum Gasteiger partial charge on any atom is -0.467 e. The Kier molecular flexibility index (Phi) is 3.78. The first-order chi connectivity index (χ1) is 11.7. The Morgan fingerprint density at radius 3 is 3.00 bits per heavy atom. The normalized spacial score (nSPS) is 17.6. The van der Waals surface area contributed by atoms with Crippen molar-refractivity contribution >= 4 is 38.5 Å². The molecule has 2 amide bonds. The van der Waals surface area contributed by atoms with Crippen LogP contribution in [-0.4, -0.2) is 28.2 Å². The maximum Gasteiger partial charge on any atom is 0.231 e. The van der Waals surface area contributed by atoms with E-state index < -0.39 is 0 Å². The summed E-state index contributed by atoms with van der Waals surface area (Å²) in [5, 5.41) is 3.41. The number of fused-ring (bicyclic) bond motifs is 1. The molecule has 1 saturated heterocycles. The van der Waals surface area contributed by atoms with Crippen LogP contribution >= 0.6 is 11.3 Å². The fourth-order valence-electron chi connectivity index (χ4n) is 2.82. The summed E-state index contributed by atoms with van der Waals surface area (Å²) in [5.41, 5.74) is 0.861. The number of carbonyl (C=O) groups is 2. The predicted molar refractivity (Wildman–Crippen MR) is 90.5 cm³/mol. The number of furan rings is 1. The third kappa shape index (κ3) is 2.90. The van der Waals surface area contributed by atoms with Crippen LogP contribution in [0.25, 0.3) is 10.2 Å². The number of rotatable bonds is 4. The van der Waals surface area contributed by atoms with E-state index in [1.165, 1.54) is 11.3 Å². The van der Waals surface area contributed by atoms with Gasteiger partial charge in [-0.2, -0.15) is 0 Å². The molecular weight excluding hydrogens is 326 g/mol. The van der Waals surface area contributed by atoms with Gasteiger partial charge in [0.15, 0.2) is 5.13 Å². The van der Waals surface area contributed by atoms with Crippen molar-refractivity contribution < 1.29 is 14.0 Å². The van der Waals surface area contributed by atoms with Crippen molar-refractivity contribution in [2.45, 2.75) is 13.0 Å². The lowest BCUT2D eigenvalue weighted by Crippen LogP contribution is -2.27. The number of para-hydroxylation sites is 1. The first kappa shape index (κ1) is 14.9. The summed E-state index contributed by atoms with van der Waals surface area (Å²) in [4.78, 5) is 30.6. The number of aromatic nitrogens is 1. The Morgan fingerprint density at radius 1 is 1.33 bits per heavy atom. The molecule has 0 bridgehead atoms. The molecule has 3 aromatic rings. The molecule has 6 nitrogen and oxygen atoms in total. The predicted octanol–water partition coefficient (Wildman–Crippen LogP) is 2.88. The molecule has 122 valence electrons. The Labute approximate surface area is 142 Å². The van der Waals surface area contributed by atoms with Crippen molar-refractivity contribution in [2.75, 3.05) is 11.9 Å². The van der Waals surface area contributed by atoms with Crippen LogP contribution in [0.4, 0.5) is 5.13 Å². The standard InChI is InChI=1S/C17H15N3O3S/c21-15-8-11(9-20(15)10-12-4-3-7-23-12)16(22)19-17-18-13-5-1-2-6-14(13)24-17/h1-7,11H,8-10H2,(H,18,19,22)/t11-/m0/s1. The Morgan fingerprint density at radius 2 is 2.21 bits per heavy atom. The highest BCUT2D eigenvalue weighted by atomic mass is 32.1. The summed E-state index contributed by atoms with van der Waals surface area (Å²) in [6.45, 7) is 0.799. The quantitative estimate of drug-likeness (QED) is 0.792. The fraction of sp³-hybridized carbons (Fsp3) is 0.235. The number of amides is 2. The lowest BCUT2D eigenvalue weighted by atomic mass is 10.1. The van der Waals surface area contributed by atoms with Gasteiger partial charge in [-0.05, 0) is 24.3 Å². The molecule has 1 fully saturated rings. The average molecular weight is 341 g/mol. The van der Waals surface area contributed by atoms with Crippen molar-refractivity contribution in [3.63, 3.8) is 0 Å². The van der Waals surface area contributed by atoms with Gasteiger partial charge in [-0.3, -0.25) is 9.59 Å². The first-order valence-corrected chi connectivity index (χ1v) is 8.47. The summed E-state index contributed by atoms with van der Waals surface area (Å²) < 4.78 is 6.29. The van der Waals surface area contributed by atoms with Gasteiger partial charge in [-0.1, -0.05) is 23.5 Å². The third-order valence-electron chi connectivity index (χ3n) is 4.04. The molecule has 1 aliphatic rings. The van der Waals surface area contributed by atoms with Gasteiger partial charge in [-0.15, -0.1) is 0 Å². The van der Waals surface area contributed by atoms with Gasteiger partial charge >= 0.3 is 0 Å². The second-order valence-corrected chi connectivity index (χ2v) is 6.76. The maximum absolute atomic E-state index is 12.4. The van der Waals surface area contributed by atoms with Gasteiger partial charge in [0.2, 0.25) is 11.8 Å². The molecule has 3 heterocycles. The molecular formula is C17H15N3O3S. The largest absolute Gasteiger partial charge is 0.467 e. The molecule has 0 aliphatic carbocycles. The molecule has 1 aromatic carbocycles. The van der Waals surface area contributed by atoms with Gasteiger partial charge in [0, 0.05) is 13.0 Å². The van der Waals surface area contributed by atoms with E-state index in [1.807, 2.05) is 30.3 Å². The number of carbonyl (C=O) groups excluding carboxylic acids is 2. The summed E-state index contributed by atoms with van der Waals surface area (Å²) in [5.74, 6) is 0.162. The second-order valence-electron chi connectivity index (χ2n) is 5.73. The van der Waals surface area contributed by atoms with Gasteiger partial charge < -0.3 is 14.6 Å². The number of nitrogens with zero attached hydrogens (tertiary/aromatic N) is 2. The lowest BCUT2D eigenvalue weighted by Gasteiger charge is -2.14. The summed E-state index contributed by atoms with van der Waals surface area (Å²) in [6, 6.07) is 11.3. The molecule has 1 aliphatic heterocycles. The number of benzene rings is 1. The van der Waals surface area contributed by atoms with Crippen LogP contribution in [0.1, 0.15) is 12.2 Å². The number of hydrogen-bond acceptors (Lipinski definition) is 5. The first-order valence-electron chi connectivity index (χ1n) is 7.65. The summed E-state index contributed by atoms with van der Waals surface area (Å²) >= 11 is 1.43. The fourth-order valence-corrected chi connectivity index (χ4v) is 3.69. The van der Waals surface area contributed by atoms with E-state index in [1.54, 1.807) is 17.2 Å². The van der Waals surface area contributed by atoms with Crippen molar-refractivity contribution in [2.24, 2.45) is 5.92 Å². The highest BCUT2D eigenvalue weighted by molar-refractivity contribution is 7.22. The summed E-state index contributed by atoms with van der Waals surface area (Å²) in [7, 11) is 0. The Balaban J connectivity index is 1.42. The van der Waals surface area contributed by atoms with Gasteiger partial charge in [0.1, 0.15) is 5.76 Å². The molecule has 2 aromatic heterocycles. The van der Waals surface area contributed by atoms with E-state index in [9.17, 15) is 9.59 Å². The molecule has 1 atom stereocenters. The van der Waals surface area contributed by atoms with Crippen LogP contribution in [0.3, 0.4) is 0 Å². The van der Waals surface area contributed by atoms with Crippen molar-refractivity contribution in [1.82, 2.24) is 9.88 Å². The highest BCUT2D eigenvalue weighted by Crippen LogP contribution is 2.27. The molecule has 0 spiro atoms. The zero-order valence-electron chi connectivity index (χ0n) is 12.8. The molecule has 1 N–H and O–H groups in total. The molecule has 0 radical (unpaired) electrons. The van der Waals surface area contributed by atoms with Crippen molar-refractivity contribution in [3.8, 4) is 0 Å². The number of hydrogen-bond donors (Lipinski definition) is 1. The van der Waals surface area contributed by atoms with E-state index >= 15 is 0 Å². The monoisotopic (exact) mass is 341 g/mol. The van der Waals surface area contributed by atoms with E-state index in [0.29, 0.717) is 18.2 Å². The van der Waals surface area contributed by atoms with Gasteiger partial charge in [-0.25, -0.2) is 4.98 Å². The van der Waals surface area contributed by atoms with Crippen LogP contribution in [0, 0.1) is 5.92 Å². The van der Waals surface area contributed by atoms with E-state index in [4.69, 9.17) is 4.42 Å². The molecule has 0 saturated carbocycles. The van der Waals surface area contributed by atoms with E-state index in [2.05, 4.69) is 10.3 Å². The van der Waals surface area contributed by atoms with E-state index in [0.717, 1.165) is 16.0 Å². The number of thiazole rings is 1. The number of nitrogens with one attached hydrogen (secondary N) is 1. The SMILES string of the molecule is O=C(Nc1nc2ccccc2s1)[C@H]1CC(=O)N(Cc2ccco2)C1. The third-order valence-corrected chi connectivity index (χ3v) is 4.99. The number of likely N-dealkylation sites (tertiary alicyclic amines) is 1. The van der Waals surface area contributed by atoms with Crippen LogP contribution in [0.2, 0.25) is 0 Å². The molecule has 7 heteroatoms. The Bertz CT molecular complexity index is 855. The topological polar surface area (TPSA) is 75.4 Å². The average Bonchev–Trinajstić information content (AvgIpc) is 3.28. The van der Waals surface area contributed by atoms with Gasteiger partial charge in [0.05, 0.1) is 28.9 Å². The highest BCUT2D eigenvalue weighted by Gasteiger charge is 2.34. The minimum absolute atomic E-state index is 0.0316. The second kappa shape index (κ2) is 6.09. The summed E-state index contributed by atoms with van der Waals surface area (Å²) in [6.07, 6.45) is 1.80. The van der Waals surface area contributed by atoms with Crippen LogP contribution in [0.5, 0.6) is 0 Å². The van der Waals surface area contributed by atoms with Crippen molar-refractivity contribution in [1.29, 1.82) is 0 Å². The van der Waals surface area contributed by atoms with Crippen LogP contribution in [-0.2, 0) is 16.1 Å².